The molecule has 0 aromatic heterocycles. The van der Waals surface area contributed by atoms with Crippen molar-refractivity contribution < 1.29 is 29.4 Å². The number of rotatable bonds is 15. The van der Waals surface area contributed by atoms with E-state index in [0.29, 0.717) is 12.2 Å². The second-order valence-corrected chi connectivity index (χ2v) is 9.46. The minimum atomic E-state index is -1.33. The van der Waals surface area contributed by atoms with Crippen LogP contribution in [0.2, 0.25) is 0 Å². The predicted octanol–water partition coefficient (Wildman–Crippen LogP) is 0.0835. The van der Waals surface area contributed by atoms with Gasteiger partial charge in [0.2, 0.25) is 17.7 Å². The third-order valence-corrected chi connectivity index (χ3v) is 6.24. The fourth-order valence-electron chi connectivity index (χ4n) is 3.50. The average molecular weight is 531 g/mol. The maximum Gasteiger partial charge on any atom is 0.326 e. The molecule has 10 nitrogen and oxygen atoms in total. The summed E-state index contributed by atoms with van der Waals surface area (Å²) in [6.07, 6.45) is 2.39. The van der Waals surface area contributed by atoms with Gasteiger partial charge >= 0.3 is 5.97 Å². The highest BCUT2D eigenvalue weighted by Crippen LogP contribution is 2.08. The first-order valence-electron chi connectivity index (χ1n) is 11.8. The molecule has 2 aromatic rings. The van der Waals surface area contributed by atoms with Crippen molar-refractivity contribution in [3.8, 4) is 0 Å². The van der Waals surface area contributed by atoms with E-state index in [9.17, 15) is 29.4 Å². The molecule has 0 saturated carbocycles. The molecule has 3 amide bonds. The van der Waals surface area contributed by atoms with Crippen LogP contribution in [0.1, 0.15) is 17.5 Å². The number of carbonyl (C=O) groups excluding carboxylic acids is 3. The minimum absolute atomic E-state index is 0.0528. The van der Waals surface area contributed by atoms with Crippen molar-refractivity contribution in [1.29, 1.82) is 0 Å². The van der Waals surface area contributed by atoms with Gasteiger partial charge in [-0.2, -0.15) is 11.8 Å². The molecule has 11 heteroatoms. The molecule has 0 fully saturated rings. The normalized spacial score (nSPS) is 14.0. The Balaban J connectivity index is 2.16. The van der Waals surface area contributed by atoms with E-state index in [1.54, 1.807) is 60.7 Å². The molecule has 0 saturated heterocycles. The quantitative estimate of drug-likeness (QED) is 0.188. The van der Waals surface area contributed by atoms with Crippen molar-refractivity contribution >= 4 is 35.5 Å². The maximum atomic E-state index is 13.2. The average Bonchev–Trinajstić information content (AvgIpc) is 2.90. The third kappa shape index (κ3) is 10.2. The molecule has 2 rings (SSSR count). The van der Waals surface area contributed by atoms with E-state index in [1.165, 1.54) is 11.8 Å². The zero-order chi connectivity index (χ0) is 27.2. The van der Waals surface area contributed by atoms with Crippen LogP contribution in [0.5, 0.6) is 0 Å². The molecule has 7 N–H and O–H groups in total. The van der Waals surface area contributed by atoms with Crippen LogP contribution in [0.3, 0.4) is 0 Å². The Kier molecular flexibility index (Phi) is 12.6. The number of aliphatic hydroxyl groups is 1. The van der Waals surface area contributed by atoms with Crippen LogP contribution in [0.25, 0.3) is 0 Å². The number of thioether (sulfide) groups is 1. The summed E-state index contributed by atoms with van der Waals surface area (Å²) in [6, 6.07) is 13.1. The van der Waals surface area contributed by atoms with Crippen LogP contribution < -0.4 is 21.7 Å². The molecule has 0 spiro atoms. The number of hydrogen-bond donors (Lipinski definition) is 6. The lowest BCUT2D eigenvalue weighted by molar-refractivity contribution is -0.142. The van der Waals surface area contributed by atoms with E-state index >= 15 is 0 Å². The molecular formula is C26H34N4O6S. The number of nitrogens with two attached hydrogens (primary N) is 1. The zero-order valence-corrected chi connectivity index (χ0v) is 21.4. The summed E-state index contributed by atoms with van der Waals surface area (Å²) in [6.45, 7) is -0.710. The van der Waals surface area contributed by atoms with Gasteiger partial charge in [0.1, 0.15) is 18.1 Å². The molecule has 37 heavy (non-hydrogen) atoms. The van der Waals surface area contributed by atoms with Crippen molar-refractivity contribution in [2.75, 3.05) is 18.6 Å². The van der Waals surface area contributed by atoms with Crippen molar-refractivity contribution in [2.45, 2.75) is 43.4 Å². The van der Waals surface area contributed by atoms with E-state index in [0.717, 1.165) is 11.1 Å². The summed E-state index contributed by atoms with van der Waals surface area (Å²) < 4.78 is 0. The predicted molar refractivity (Wildman–Crippen MR) is 142 cm³/mol. The van der Waals surface area contributed by atoms with Gasteiger partial charge in [0.25, 0.3) is 0 Å². The summed E-state index contributed by atoms with van der Waals surface area (Å²) >= 11 is 1.52. The molecule has 0 aliphatic rings. The van der Waals surface area contributed by atoms with Crippen LogP contribution in [0.4, 0.5) is 0 Å². The Labute approximate surface area is 220 Å². The van der Waals surface area contributed by atoms with Crippen LogP contribution in [-0.4, -0.2) is 76.7 Å². The molecule has 4 unspecified atom stereocenters. The van der Waals surface area contributed by atoms with Gasteiger partial charge in [-0.25, -0.2) is 4.79 Å². The topological polar surface area (TPSA) is 171 Å². The highest BCUT2D eigenvalue weighted by molar-refractivity contribution is 7.98. The summed E-state index contributed by atoms with van der Waals surface area (Å²) in [5.74, 6) is -2.67. The number of benzene rings is 2. The maximum absolute atomic E-state index is 13.2. The van der Waals surface area contributed by atoms with Gasteiger partial charge in [-0.3, -0.25) is 14.4 Å². The van der Waals surface area contributed by atoms with E-state index in [2.05, 4.69) is 16.0 Å². The van der Waals surface area contributed by atoms with E-state index in [4.69, 9.17) is 5.73 Å². The lowest BCUT2D eigenvalue weighted by Crippen LogP contribution is -2.58. The number of aliphatic carboxylic acids is 1. The molecule has 0 aliphatic heterocycles. The number of amides is 3. The Morgan fingerprint density at radius 3 is 1.73 bits per heavy atom. The van der Waals surface area contributed by atoms with Crippen LogP contribution >= 0.6 is 11.8 Å². The number of nitrogens with one attached hydrogen (secondary N) is 3. The van der Waals surface area contributed by atoms with Crippen molar-refractivity contribution in [3.63, 3.8) is 0 Å². The molecule has 0 radical (unpaired) electrons. The largest absolute Gasteiger partial charge is 0.480 e. The molecule has 2 aromatic carbocycles. The van der Waals surface area contributed by atoms with Gasteiger partial charge in [0.05, 0.1) is 12.6 Å². The Morgan fingerprint density at radius 2 is 1.24 bits per heavy atom. The minimum Gasteiger partial charge on any atom is -0.480 e. The van der Waals surface area contributed by atoms with Crippen molar-refractivity contribution in [3.05, 3.63) is 71.8 Å². The molecule has 0 heterocycles. The fourth-order valence-corrected chi connectivity index (χ4v) is 3.99. The van der Waals surface area contributed by atoms with Crippen molar-refractivity contribution in [2.24, 2.45) is 5.73 Å². The van der Waals surface area contributed by atoms with Gasteiger partial charge in [-0.05, 0) is 29.6 Å². The van der Waals surface area contributed by atoms with E-state index < -0.39 is 54.5 Å². The second-order valence-electron chi connectivity index (χ2n) is 8.47. The Bertz CT molecular complexity index is 1020. The summed E-state index contributed by atoms with van der Waals surface area (Å²) in [7, 11) is 0. The highest BCUT2D eigenvalue weighted by Gasteiger charge is 2.30. The van der Waals surface area contributed by atoms with Gasteiger partial charge in [0.15, 0.2) is 0 Å². The number of carboxylic acids is 1. The SMILES string of the molecule is CSCCC(N)C(=O)NC(CO)C(=O)NC(Cc1ccccc1)C(=O)NC(Cc1ccccc1)C(=O)O. The number of hydrogen-bond acceptors (Lipinski definition) is 7. The summed E-state index contributed by atoms with van der Waals surface area (Å²) in [5.41, 5.74) is 7.29. The standard InChI is InChI=1S/C26H34N4O6S/c1-37-13-12-19(27)23(32)30-22(16-31)25(34)28-20(14-17-8-4-2-5-9-17)24(33)29-21(26(35)36)15-18-10-6-3-7-11-18/h2-11,19-22,31H,12-16,27H2,1H3,(H,28,34)(H,29,33)(H,30,32)(H,35,36). The van der Waals surface area contributed by atoms with E-state index in [1.807, 2.05) is 6.26 Å². The summed E-state index contributed by atoms with van der Waals surface area (Å²) in [4.78, 5) is 50.3. The van der Waals surface area contributed by atoms with Crippen molar-refractivity contribution in [1.82, 2.24) is 16.0 Å². The first kappa shape index (κ1) is 29.8. The number of carbonyl (C=O) groups is 4. The fraction of sp³-hybridized carbons (Fsp3) is 0.385. The first-order valence-corrected chi connectivity index (χ1v) is 13.2. The summed E-state index contributed by atoms with van der Waals surface area (Å²) in [5, 5.41) is 26.9. The highest BCUT2D eigenvalue weighted by atomic mass is 32.2. The van der Waals surface area contributed by atoms with Crippen LogP contribution in [0, 0.1) is 0 Å². The Hall–Kier alpha value is -3.41. The second kappa shape index (κ2) is 15.6. The van der Waals surface area contributed by atoms with Gasteiger partial charge < -0.3 is 31.9 Å². The third-order valence-electron chi connectivity index (χ3n) is 5.60. The van der Waals surface area contributed by atoms with Gasteiger partial charge in [0, 0.05) is 12.8 Å². The molecule has 0 aliphatic carbocycles. The van der Waals surface area contributed by atoms with E-state index in [-0.39, 0.29) is 12.8 Å². The molecule has 200 valence electrons. The molecule has 4 atom stereocenters. The smallest absolute Gasteiger partial charge is 0.326 e. The first-order chi connectivity index (χ1) is 17.7. The monoisotopic (exact) mass is 530 g/mol. The Morgan fingerprint density at radius 1 is 0.784 bits per heavy atom. The van der Waals surface area contributed by atoms with Gasteiger partial charge in [-0.1, -0.05) is 60.7 Å². The molecular weight excluding hydrogens is 496 g/mol. The lowest BCUT2D eigenvalue weighted by Gasteiger charge is -2.24. The van der Waals surface area contributed by atoms with Crippen LogP contribution in [0.15, 0.2) is 60.7 Å². The number of aliphatic hydroxyl groups excluding tert-OH is 1. The zero-order valence-electron chi connectivity index (χ0n) is 20.6. The van der Waals surface area contributed by atoms with Gasteiger partial charge in [-0.15, -0.1) is 0 Å². The van der Waals surface area contributed by atoms with Crippen LogP contribution in [-0.2, 0) is 32.0 Å². The molecule has 0 bridgehead atoms. The lowest BCUT2D eigenvalue weighted by atomic mass is 10.0. The number of carboxylic acid groups (broad SMARTS) is 1.